The van der Waals surface area contributed by atoms with Crippen LogP contribution in [0.15, 0.2) is 0 Å². The number of hydrogen-bond donors (Lipinski definition) is 2. The standard InChI is InChI=1S/C13H22N4O2/c1-13(2,3)19-12(18)17-6-5-10-9(8-17)11(7-14-4)16-15-10/h14H,5-8H2,1-4H3,(H,15,16). The van der Waals surface area contributed by atoms with Gasteiger partial charge < -0.3 is 15.0 Å². The van der Waals surface area contributed by atoms with E-state index >= 15 is 0 Å². The zero-order chi connectivity index (χ0) is 14.0. The minimum absolute atomic E-state index is 0.255. The molecular weight excluding hydrogens is 244 g/mol. The summed E-state index contributed by atoms with van der Waals surface area (Å²) >= 11 is 0. The van der Waals surface area contributed by atoms with Gasteiger partial charge in [-0.05, 0) is 27.8 Å². The van der Waals surface area contributed by atoms with Crippen molar-refractivity contribution < 1.29 is 9.53 Å². The van der Waals surface area contributed by atoms with Crippen molar-refractivity contribution in [3.05, 3.63) is 17.0 Å². The number of amides is 1. The molecule has 1 amide bonds. The van der Waals surface area contributed by atoms with Gasteiger partial charge in [-0.2, -0.15) is 5.10 Å². The van der Waals surface area contributed by atoms with Gasteiger partial charge in [0.2, 0.25) is 0 Å². The molecule has 1 aromatic heterocycles. The number of hydrogen-bond acceptors (Lipinski definition) is 4. The van der Waals surface area contributed by atoms with Crippen LogP contribution in [0, 0.1) is 0 Å². The van der Waals surface area contributed by atoms with Crippen LogP contribution in [0.2, 0.25) is 0 Å². The number of nitrogens with zero attached hydrogens (tertiary/aromatic N) is 2. The summed E-state index contributed by atoms with van der Waals surface area (Å²) in [6.45, 7) is 7.58. The molecule has 2 N–H and O–H groups in total. The maximum Gasteiger partial charge on any atom is 0.410 e. The minimum Gasteiger partial charge on any atom is -0.444 e. The number of rotatable bonds is 2. The highest BCUT2D eigenvalue weighted by Crippen LogP contribution is 2.22. The van der Waals surface area contributed by atoms with E-state index in [9.17, 15) is 4.79 Å². The molecule has 0 fully saturated rings. The topological polar surface area (TPSA) is 70.2 Å². The van der Waals surface area contributed by atoms with E-state index in [-0.39, 0.29) is 6.09 Å². The van der Waals surface area contributed by atoms with Gasteiger partial charge >= 0.3 is 6.09 Å². The number of aromatic amines is 1. The third-order valence-corrected chi connectivity index (χ3v) is 3.02. The lowest BCUT2D eigenvalue weighted by molar-refractivity contribution is 0.0223. The van der Waals surface area contributed by atoms with Crippen LogP contribution in [0.5, 0.6) is 0 Å². The molecule has 19 heavy (non-hydrogen) atoms. The summed E-state index contributed by atoms with van der Waals surface area (Å²) in [6, 6.07) is 0. The Bertz CT molecular complexity index is 462. The molecule has 2 heterocycles. The molecule has 0 aliphatic carbocycles. The lowest BCUT2D eigenvalue weighted by Crippen LogP contribution is -2.40. The number of carbonyl (C=O) groups excluding carboxylic acids is 1. The summed E-state index contributed by atoms with van der Waals surface area (Å²) < 4.78 is 5.41. The van der Waals surface area contributed by atoms with Crippen LogP contribution in [0.3, 0.4) is 0 Å². The van der Waals surface area contributed by atoms with E-state index in [1.165, 1.54) is 0 Å². The van der Waals surface area contributed by atoms with Crippen molar-refractivity contribution in [1.82, 2.24) is 20.4 Å². The van der Waals surface area contributed by atoms with Gasteiger partial charge in [-0.3, -0.25) is 5.10 Å². The highest BCUT2D eigenvalue weighted by atomic mass is 16.6. The van der Waals surface area contributed by atoms with Gasteiger partial charge in [-0.15, -0.1) is 0 Å². The third-order valence-electron chi connectivity index (χ3n) is 3.02. The molecule has 1 aromatic rings. The molecule has 0 saturated heterocycles. The molecular formula is C13H22N4O2. The van der Waals surface area contributed by atoms with Crippen LogP contribution >= 0.6 is 0 Å². The van der Waals surface area contributed by atoms with E-state index in [2.05, 4.69) is 15.5 Å². The SMILES string of the molecule is CNCc1n[nH]c2c1CN(C(=O)OC(C)(C)C)CC2. The first-order chi connectivity index (χ1) is 8.90. The third kappa shape index (κ3) is 3.26. The molecule has 0 bridgehead atoms. The molecule has 106 valence electrons. The number of nitrogens with one attached hydrogen (secondary N) is 2. The summed E-state index contributed by atoms with van der Waals surface area (Å²) in [5.41, 5.74) is 2.77. The molecule has 6 heteroatoms. The highest BCUT2D eigenvalue weighted by Gasteiger charge is 2.28. The number of carbonyl (C=O) groups is 1. The first kappa shape index (κ1) is 13.9. The molecule has 0 radical (unpaired) electrons. The Morgan fingerprint density at radius 3 is 2.89 bits per heavy atom. The van der Waals surface area contributed by atoms with Gasteiger partial charge in [0, 0.05) is 30.8 Å². The Hall–Kier alpha value is -1.56. The van der Waals surface area contributed by atoms with Gasteiger partial charge in [-0.25, -0.2) is 4.79 Å². The molecule has 0 saturated carbocycles. The van der Waals surface area contributed by atoms with Crippen LogP contribution in [0.4, 0.5) is 4.79 Å². The van der Waals surface area contributed by atoms with Gasteiger partial charge in [-0.1, -0.05) is 0 Å². The Morgan fingerprint density at radius 1 is 1.53 bits per heavy atom. The first-order valence-corrected chi connectivity index (χ1v) is 6.58. The molecule has 1 aliphatic rings. The fourth-order valence-electron chi connectivity index (χ4n) is 2.15. The molecule has 0 atom stereocenters. The maximum absolute atomic E-state index is 12.1. The lowest BCUT2D eigenvalue weighted by atomic mass is 10.1. The predicted octanol–water partition coefficient (Wildman–Crippen LogP) is 1.42. The Kier molecular flexibility index (Phi) is 3.80. The van der Waals surface area contributed by atoms with Crippen LogP contribution in [0.25, 0.3) is 0 Å². The average molecular weight is 266 g/mol. The van der Waals surface area contributed by atoms with Crippen molar-refractivity contribution in [2.45, 2.75) is 45.9 Å². The van der Waals surface area contributed by atoms with E-state index < -0.39 is 5.60 Å². The molecule has 1 aliphatic heterocycles. The smallest absolute Gasteiger partial charge is 0.410 e. The van der Waals surface area contributed by atoms with Crippen molar-refractivity contribution in [2.24, 2.45) is 0 Å². The second-order valence-electron chi connectivity index (χ2n) is 5.81. The molecule has 0 unspecified atom stereocenters. The number of H-pyrrole nitrogens is 1. The summed E-state index contributed by atoms with van der Waals surface area (Å²) in [4.78, 5) is 13.8. The minimum atomic E-state index is -0.457. The summed E-state index contributed by atoms with van der Waals surface area (Å²) in [7, 11) is 1.88. The van der Waals surface area contributed by atoms with Gasteiger partial charge in [0.25, 0.3) is 0 Å². The predicted molar refractivity (Wildman–Crippen MR) is 71.7 cm³/mol. The zero-order valence-electron chi connectivity index (χ0n) is 12.0. The fraction of sp³-hybridized carbons (Fsp3) is 0.692. The van der Waals surface area contributed by atoms with Gasteiger partial charge in [0.1, 0.15) is 5.60 Å². The largest absolute Gasteiger partial charge is 0.444 e. The second kappa shape index (κ2) is 5.21. The second-order valence-corrected chi connectivity index (χ2v) is 5.81. The average Bonchev–Trinajstić information content (AvgIpc) is 2.70. The number of fused-ring (bicyclic) bond motifs is 1. The van der Waals surface area contributed by atoms with Crippen molar-refractivity contribution >= 4 is 6.09 Å². The van der Waals surface area contributed by atoms with Crippen LogP contribution in [-0.2, 0) is 24.2 Å². The van der Waals surface area contributed by atoms with E-state index in [0.29, 0.717) is 19.6 Å². The van der Waals surface area contributed by atoms with Gasteiger partial charge in [0.15, 0.2) is 0 Å². The van der Waals surface area contributed by atoms with E-state index in [4.69, 9.17) is 4.74 Å². The van der Waals surface area contributed by atoms with Crippen molar-refractivity contribution in [2.75, 3.05) is 13.6 Å². The summed E-state index contributed by atoms with van der Waals surface area (Å²) in [5, 5.41) is 10.4. The zero-order valence-corrected chi connectivity index (χ0v) is 12.0. The van der Waals surface area contributed by atoms with Crippen molar-refractivity contribution in [3.63, 3.8) is 0 Å². The van der Waals surface area contributed by atoms with E-state index in [1.807, 2.05) is 27.8 Å². The number of ether oxygens (including phenoxy) is 1. The Labute approximate surface area is 113 Å². The Balaban J connectivity index is 2.08. The van der Waals surface area contributed by atoms with Crippen molar-refractivity contribution in [1.29, 1.82) is 0 Å². The molecule has 6 nitrogen and oxygen atoms in total. The fourth-order valence-corrected chi connectivity index (χ4v) is 2.15. The monoisotopic (exact) mass is 266 g/mol. The van der Waals surface area contributed by atoms with E-state index in [0.717, 1.165) is 23.4 Å². The van der Waals surface area contributed by atoms with E-state index in [1.54, 1.807) is 4.90 Å². The normalized spacial score (nSPS) is 15.3. The van der Waals surface area contributed by atoms with Gasteiger partial charge in [0.05, 0.1) is 12.2 Å². The van der Waals surface area contributed by atoms with Crippen LogP contribution in [-0.4, -0.2) is 40.4 Å². The summed E-state index contributed by atoms with van der Waals surface area (Å²) in [6.07, 6.45) is 0.542. The molecule has 0 spiro atoms. The number of aromatic nitrogens is 2. The Morgan fingerprint density at radius 2 is 2.26 bits per heavy atom. The highest BCUT2D eigenvalue weighted by molar-refractivity contribution is 5.68. The maximum atomic E-state index is 12.1. The summed E-state index contributed by atoms with van der Waals surface area (Å²) in [5.74, 6) is 0. The first-order valence-electron chi connectivity index (χ1n) is 6.58. The molecule has 0 aromatic carbocycles. The van der Waals surface area contributed by atoms with Crippen LogP contribution < -0.4 is 5.32 Å². The lowest BCUT2D eigenvalue weighted by Gasteiger charge is -2.30. The quantitative estimate of drug-likeness (QED) is 0.849. The molecule has 2 rings (SSSR count). The van der Waals surface area contributed by atoms with Crippen LogP contribution in [0.1, 0.15) is 37.7 Å². The van der Waals surface area contributed by atoms with Crippen molar-refractivity contribution in [3.8, 4) is 0 Å².